The van der Waals surface area contributed by atoms with E-state index in [9.17, 15) is 4.79 Å². The number of piperidine rings is 1. The summed E-state index contributed by atoms with van der Waals surface area (Å²) in [5.74, 6) is 0.171. The van der Waals surface area contributed by atoms with E-state index in [1.165, 1.54) is 5.56 Å². The molecule has 0 aliphatic carbocycles. The van der Waals surface area contributed by atoms with Gasteiger partial charge in [0.15, 0.2) is 0 Å². The maximum atomic E-state index is 12.1. The molecule has 104 valence electrons. The van der Waals surface area contributed by atoms with Gasteiger partial charge in [0.2, 0.25) is 5.91 Å². The average molecular weight is 262 g/mol. The smallest absolute Gasteiger partial charge is 0.223 e. The highest BCUT2D eigenvalue weighted by Crippen LogP contribution is 2.30. The van der Waals surface area contributed by atoms with Gasteiger partial charge in [0, 0.05) is 26.1 Å². The fraction of sp³-hybridized carbons (Fsp3) is 0.533. The fourth-order valence-corrected chi connectivity index (χ4v) is 2.62. The molecular formula is C15H22N2O2. The van der Waals surface area contributed by atoms with Gasteiger partial charge >= 0.3 is 0 Å². The van der Waals surface area contributed by atoms with Crippen LogP contribution in [0.25, 0.3) is 0 Å². The second-order valence-corrected chi connectivity index (χ2v) is 5.14. The number of hydrogen-bond acceptors (Lipinski definition) is 3. The number of methoxy groups -OCH3 is 1. The molecule has 1 heterocycles. The second-order valence-electron chi connectivity index (χ2n) is 5.14. The van der Waals surface area contributed by atoms with Crippen LogP contribution in [0.1, 0.15) is 30.0 Å². The van der Waals surface area contributed by atoms with Gasteiger partial charge in [-0.3, -0.25) is 4.79 Å². The molecule has 1 amide bonds. The number of ether oxygens (including phenoxy) is 1. The van der Waals surface area contributed by atoms with Crippen molar-refractivity contribution in [2.75, 3.05) is 20.3 Å². The Kier molecular flexibility index (Phi) is 4.56. The third-order valence-electron chi connectivity index (χ3n) is 3.71. The van der Waals surface area contributed by atoms with Crippen LogP contribution in [0, 0.1) is 6.92 Å². The summed E-state index contributed by atoms with van der Waals surface area (Å²) >= 11 is 0. The molecule has 0 saturated carbocycles. The number of aryl methyl sites for hydroxylation is 1. The Labute approximate surface area is 114 Å². The lowest BCUT2D eigenvalue weighted by atomic mass is 9.90. The maximum Gasteiger partial charge on any atom is 0.223 e. The van der Waals surface area contributed by atoms with Crippen LogP contribution < -0.4 is 5.73 Å². The molecule has 19 heavy (non-hydrogen) atoms. The van der Waals surface area contributed by atoms with Gasteiger partial charge in [0.05, 0.1) is 12.6 Å². The number of amides is 1. The van der Waals surface area contributed by atoms with Crippen LogP contribution in [0.3, 0.4) is 0 Å². The molecule has 2 N–H and O–H groups in total. The topological polar surface area (TPSA) is 55.6 Å². The van der Waals surface area contributed by atoms with Gasteiger partial charge in [-0.25, -0.2) is 0 Å². The van der Waals surface area contributed by atoms with Crippen molar-refractivity contribution in [2.45, 2.75) is 31.8 Å². The fourth-order valence-electron chi connectivity index (χ4n) is 2.62. The van der Waals surface area contributed by atoms with Crippen molar-refractivity contribution in [1.29, 1.82) is 0 Å². The minimum atomic E-state index is -0.0306. The minimum Gasteiger partial charge on any atom is -0.383 e. The molecular weight excluding hydrogens is 240 g/mol. The van der Waals surface area contributed by atoms with Crippen molar-refractivity contribution in [3.05, 3.63) is 35.4 Å². The SMILES string of the molecule is COCCN1C(=O)CCC(N)C1c1ccc(C)cc1. The molecule has 1 aromatic carbocycles. The van der Waals surface area contributed by atoms with Crippen LogP contribution in [0.2, 0.25) is 0 Å². The Morgan fingerprint density at radius 1 is 1.37 bits per heavy atom. The van der Waals surface area contributed by atoms with Crippen molar-refractivity contribution < 1.29 is 9.53 Å². The first-order valence-electron chi connectivity index (χ1n) is 6.74. The van der Waals surface area contributed by atoms with Gasteiger partial charge in [-0.1, -0.05) is 29.8 Å². The molecule has 4 nitrogen and oxygen atoms in total. The van der Waals surface area contributed by atoms with E-state index in [0.717, 1.165) is 12.0 Å². The zero-order valence-electron chi connectivity index (χ0n) is 11.6. The number of rotatable bonds is 4. The number of nitrogens with zero attached hydrogens (tertiary/aromatic N) is 1. The quantitative estimate of drug-likeness (QED) is 0.897. The maximum absolute atomic E-state index is 12.1. The van der Waals surface area contributed by atoms with Crippen molar-refractivity contribution >= 4 is 5.91 Å². The molecule has 0 bridgehead atoms. The van der Waals surface area contributed by atoms with Gasteiger partial charge in [0.25, 0.3) is 0 Å². The number of likely N-dealkylation sites (tertiary alicyclic amines) is 1. The van der Waals surface area contributed by atoms with Crippen LogP contribution in [-0.2, 0) is 9.53 Å². The largest absolute Gasteiger partial charge is 0.383 e. The zero-order valence-corrected chi connectivity index (χ0v) is 11.6. The molecule has 1 aliphatic rings. The minimum absolute atomic E-state index is 0.00253. The van der Waals surface area contributed by atoms with Gasteiger partial charge in [-0.2, -0.15) is 0 Å². The first-order chi connectivity index (χ1) is 9.13. The van der Waals surface area contributed by atoms with Crippen LogP contribution in [0.15, 0.2) is 24.3 Å². The highest BCUT2D eigenvalue weighted by Gasteiger charge is 2.34. The molecule has 0 spiro atoms. The van der Waals surface area contributed by atoms with Crippen LogP contribution in [0.4, 0.5) is 0 Å². The Balaban J connectivity index is 2.25. The number of hydrogen-bond donors (Lipinski definition) is 1. The summed E-state index contributed by atoms with van der Waals surface area (Å²) < 4.78 is 5.10. The Morgan fingerprint density at radius 2 is 2.05 bits per heavy atom. The molecule has 2 atom stereocenters. The summed E-state index contributed by atoms with van der Waals surface area (Å²) in [6, 6.07) is 8.23. The molecule has 1 aliphatic heterocycles. The van der Waals surface area contributed by atoms with Gasteiger partial charge in [-0.05, 0) is 18.9 Å². The zero-order chi connectivity index (χ0) is 13.8. The van der Waals surface area contributed by atoms with E-state index in [0.29, 0.717) is 19.6 Å². The predicted molar refractivity (Wildman–Crippen MR) is 74.7 cm³/mol. The van der Waals surface area contributed by atoms with Crippen LogP contribution >= 0.6 is 0 Å². The molecule has 1 saturated heterocycles. The summed E-state index contributed by atoms with van der Waals surface area (Å²) in [5, 5.41) is 0. The Hall–Kier alpha value is -1.39. The van der Waals surface area contributed by atoms with Crippen LogP contribution in [-0.4, -0.2) is 37.1 Å². The highest BCUT2D eigenvalue weighted by atomic mass is 16.5. The normalized spacial score (nSPS) is 23.7. The molecule has 2 rings (SSSR count). The highest BCUT2D eigenvalue weighted by molar-refractivity contribution is 5.78. The lowest BCUT2D eigenvalue weighted by molar-refractivity contribution is -0.138. The van der Waals surface area contributed by atoms with E-state index in [1.54, 1.807) is 7.11 Å². The predicted octanol–water partition coefficient (Wildman–Crippen LogP) is 1.63. The lowest BCUT2D eigenvalue weighted by Crippen LogP contribution is -2.49. The van der Waals surface area contributed by atoms with E-state index >= 15 is 0 Å². The first-order valence-corrected chi connectivity index (χ1v) is 6.74. The van der Waals surface area contributed by atoms with Crippen molar-refractivity contribution in [2.24, 2.45) is 5.73 Å². The molecule has 2 unspecified atom stereocenters. The van der Waals surface area contributed by atoms with Crippen molar-refractivity contribution in [3.63, 3.8) is 0 Å². The van der Waals surface area contributed by atoms with Crippen molar-refractivity contribution in [1.82, 2.24) is 4.90 Å². The molecule has 0 aromatic heterocycles. The number of carbonyl (C=O) groups is 1. The van der Waals surface area contributed by atoms with Crippen LogP contribution in [0.5, 0.6) is 0 Å². The molecule has 1 aromatic rings. The molecule has 0 radical (unpaired) electrons. The third-order valence-corrected chi connectivity index (χ3v) is 3.71. The van der Waals surface area contributed by atoms with Crippen molar-refractivity contribution in [3.8, 4) is 0 Å². The van der Waals surface area contributed by atoms with Gasteiger partial charge in [-0.15, -0.1) is 0 Å². The monoisotopic (exact) mass is 262 g/mol. The third kappa shape index (κ3) is 3.14. The Bertz CT molecular complexity index is 430. The van der Waals surface area contributed by atoms with E-state index in [-0.39, 0.29) is 18.0 Å². The summed E-state index contributed by atoms with van der Waals surface area (Å²) in [4.78, 5) is 14.0. The number of benzene rings is 1. The van der Waals surface area contributed by atoms with Gasteiger partial charge in [0.1, 0.15) is 0 Å². The van der Waals surface area contributed by atoms with E-state index < -0.39 is 0 Å². The summed E-state index contributed by atoms with van der Waals surface area (Å²) in [7, 11) is 1.65. The first kappa shape index (κ1) is 14.0. The summed E-state index contributed by atoms with van der Waals surface area (Å²) in [5.41, 5.74) is 8.56. The number of nitrogens with two attached hydrogens (primary N) is 1. The molecule has 1 fully saturated rings. The second kappa shape index (κ2) is 6.17. The molecule has 4 heteroatoms. The van der Waals surface area contributed by atoms with E-state index in [4.69, 9.17) is 10.5 Å². The number of carbonyl (C=O) groups excluding carboxylic acids is 1. The summed E-state index contributed by atoms with van der Waals surface area (Å²) in [6.45, 7) is 3.20. The van der Waals surface area contributed by atoms with Gasteiger partial charge < -0.3 is 15.4 Å². The average Bonchev–Trinajstić information content (AvgIpc) is 2.41. The summed E-state index contributed by atoms with van der Waals surface area (Å²) in [6.07, 6.45) is 1.29. The Morgan fingerprint density at radius 3 is 2.68 bits per heavy atom. The standard InChI is InChI=1S/C15H22N2O2/c1-11-3-5-12(6-4-11)15-13(16)7-8-14(18)17(15)9-10-19-2/h3-6,13,15H,7-10,16H2,1-2H3. The lowest BCUT2D eigenvalue weighted by Gasteiger charge is -2.40. The van der Waals surface area contributed by atoms with E-state index in [2.05, 4.69) is 31.2 Å². The van der Waals surface area contributed by atoms with E-state index in [1.807, 2.05) is 4.90 Å².